The maximum Gasteiger partial charge on any atom is 0.362 e. The summed E-state index contributed by atoms with van der Waals surface area (Å²) in [5.74, 6) is -0.230. The van der Waals surface area contributed by atoms with Gasteiger partial charge in [-0.15, -0.1) is 0 Å². The number of carbonyl (C=O) groups is 1. The van der Waals surface area contributed by atoms with E-state index in [0.717, 1.165) is 0 Å². The molecule has 10 heteroatoms. The summed E-state index contributed by atoms with van der Waals surface area (Å²) in [5.41, 5.74) is 0. The maximum atomic E-state index is 10.8. The largest absolute Gasteiger partial charge is 0.362 e. The predicted octanol–water partition coefficient (Wildman–Crippen LogP) is 1.38. The third-order valence-corrected chi connectivity index (χ3v) is 1.74. The summed E-state index contributed by atoms with van der Waals surface area (Å²) in [7, 11) is -2.84. The van der Waals surface area contributed by atoms with Gasteiger partial charge in [-0.05, 0) is 0 Å². The number of urea groups is 1. The quantitative estimate of drug-likeness (QED) is 0.776. The SMILES string of the molecule is O=C(N=S(=O)=O)Nc1nc(Cl)cc(Cl)n1. The zero-order valence-electron chi connectivity index (χ0n) is 6.81. The fourth-order valence-corrected chi connectivity index (χ4v) is 1.24. The molecule has 1 N–H and O–H groups in total. The number of hydrogen-bond acceptors (Lipinski definition) is 5. The smallest absolute Gasteiger partial charge is 0.273 e. The Bertz CT molecular complexity index is 501. The second-order valence-electron chi connectivity index (χ2n) is 2.08. The maximum absolute atomic E-state index is 10.8. The highest BCUT2D eigenvalue weighted by atomic mass is 35.5. The van der Waals surface area contributed by atoms with Crippen molar-refractivity contribution >= 4 is 45.7 Å². The number of nitrogens with zero attached hydrogens (tertiary/aromatic N) is 3. The first-order valence-corrected chi connectivity index (χ1v) is 5.08. The summed E-state index contributed by atoms with van der Waals surface area (Å²) >= 11 is 11.0. The topological polar surface area (TPSA) is 101 Å². The fraction of sp³-hybridized carbons (Fsp3) is 0. The van der Waals surface area contributed by atoms with Crippen molar-refractivity contribution in [2.45, 2.75) is 0 Å². The minimum absolute atomic E-state index is 0.00791. The van der Waals surface area contributed by atoms with Gasteiger partial charge in [0.2, 0.25) is 5.95 Å². The molecule has 15 heavy (non-hydrogen) atoms. The molecular weight excluding hydrogens is 267 g/mol. The van der Waals surface area contributed by atoms with Crippen molar-refractivity contribution < 1.29 is 13.2 Å². The van der Waals surface area contributed by atoms with Crippen LogP contribution in [0, 0.1) is 0 Å². The number of amides is 2. The van der Waals surface area contributed by atoms with E-state index in [1.165, 1.54) is 6.07 Å². The van der Waals surface area contributed by atoms with Gasteiger partial charge in [0.15, 0.2) is 0 Å². The molecule has 0 aliphatic carbocycles. The van der Waals surface area contributed by atoms with Gasteiger partial charge in [0, 0.05) is 6.07 Å². The molecule has 0 bridgehead atoms. The van der Waals surface area contributed by atoms with Crippen LogP contribution < -0.4 is 5.32 Å². The molecule has 0 saturated heterocycles. The molecule has 0 spiro atoms. The highest BCUT2D eigenvalue weighted by molar-refractivity contribution is 7.62. The van der Waals surface area contributed by atoms with E-state index in [-0.39, 0.29) is 16.3 Å². The van der Waals surface area contributed by atoms with Crippen molar-refractivity contribution in [3.8, 4) is 0 Å². The second kappa shape index (κ2) is 5.01. The van der Waals surface area contributed by atoms with E-state index in [9.17, 15) is 13.2 Å². The van der Waals surface area contributed by atoms with Crippen LogP contribution in [0.15, 0.2) is 10.4 Å². The van der Waals surface area contributed by atoms with Gasteiger partial charge in [-0.3, -0.25) is 5.32 Å². The van der Waals surface area contributed by atoms with E-state index in [1.807, 2.05) is 5.32 Å². The average Bonchev–Trinajstić information content (AvgIpc) is 1.98. The second-order valence-corrected chi connectivity index (χ2v) is 3.47. The minimum atomic E-state index is -2.84. The van der Waals surface area contributed by atoms with Crippen LogP contribution in [0.3, 0.4) is 0 Å². The van der Waals surface area contributed by atoms with Gasteiger partial charge in [0.1, 0.15) is 10.3 Å². The van der Waals surface area contributed by atoms with Gasteiger partial charge < -0.3 is 0 Å². The summed E-state index contributed by atoms with van der Waals surface area (Å²) in [4.78, 5) is 17.9. The summed E-state index contributed by atoms with van der Waals surface area (Å²) in [5, 5.41) is 1.98. The lowest BCUT2D eigenvalue weighted by atomic mass is 10.6. The minimum Gasteiger partial charge on any atom is -0.273 e. The standard InChI is InChI=1S/C5H2Cl2N4O3S/c6-2-1-3(7)9-4(8-2)10-5(12)11-15(13)14/h1H,(H,8,9,10,12). The molecule has 0 aromatic carbocycles. The molecule has 7 nitrogen and oxygen atoms in total. The first kappa shape index (κ1) is 11.8. The van der Waals surface area contributed by atoms with Crippen LogP contribution in [-0.2, 0) is 10.5 Å². The molecule has 1 aromatic heterocycles. The number of carbonyl (C=O) groups excluding carboxylic acids is 1. The Hall–Kier alpha value is -1.25. The molecular formula is C5H2Cl2N4O3S. The zero-order chi connectivity index (χ0) is 11.4. The van der Waals surface area contributed by atoms with E-state index in [0.29, 0.717) is 0 Å². The number of halogens is 2. The number of aromatic nitrogens is 2. The molecule has 80 valence electrons. The predicted molar refractivity (Wildman–Crippen MR) is 52.4 cm³/mol. The van der Waals surface area contributed by atoms with Crippen molar-refractivity contribution in [3.05, 3.63) is 16.4 Å². The Balaban J connectivity index is 2.90. The normalized spacial score (nSPS) is 9.47. The highest BCUT2D eigenvalue weighted by Gasteiger charge is 2.05. The van der Waals surface area contributed by atoms with Gasteiger partial charge in [-0.25, -0.2) is 14.8 Å². The van der Waals surface area contributed by atoms with Crippen molar-refractivity contribution in [1.82, 2.24) is 9.97 Å². The molecule has 0 aliphatic rings. The lowest BCUT2D eigenvalue weighted by molar-refractivity contribution is 0.259. The third-order valence-electron chi connectivity index (χ3n) is 1.04. The molecule has 1 rings (SSSR count). The van der Waals surface area contributed by atoms with Gasteiger partial charge >= 0.3 is 16.5 Å². The summed E-state index contributed by atoms with van der Waals surface area (Å²) in [6.07, 6.45) is 0. The molecule has 0 aliphatic heterocycles. The molecule has 0 unspecified atom stereocenters. The summed E-state index contributed by atoms with van der Waals surface area (Å²) < 4.78 is 22.7. The van der Waals surface area contributed by atoms with Crippen LogP contribution in [-0.4, -0.2) is 24.4 Å². The van der Waals surface area contributed by atoms with Crippen LogP contribution in [0.5, 0.6) is 0 Å². The highest BCUT2D eigenvalue weighted by Crippen LogP contribution is 2.14. The molecule has 2 amide bonds. The van der Waals surface area contributed by atoms with Crippen molar-refractivity contribution in [3.63, 3.8) is 0 Å². The molecule has 0 saturated carbocycles. The fourth-order valence-electron chi connectivity index (χ4n) is 0.632. The third kappa shape index (κ3) is 4.19. The lowest BCUT2D eigenvalue weighted by Gasteiger charge is -1.98. The van der Waals surface area contributed by atoms with Crippen LogP contribution in [0.1, 0.15) is 0 Å². The van der Waals surface area contributed by atoms with Crippen molar-refractivity contribution in [2.75, 3.05) is 5.32 Å². The average molecular weight is 269 g/mol. The first-order valence-electron chi connectivity index (χ1n) is 3.29. The number of nitrogens with one attached hydrogen (secondary N) is 1. The molecule has 0 fully saturated rings. The van der Waals surface area contributed by atoms with Crippen LogP contribution in [0.2, 0.25) is 10.3 Å². The van der Waals surface area contributed by atoms with Crippen LogP contribution in [0.25, 0.3) is 0 Å². The Kier molecular flexibility index (Phi) is 3.95. The summed E-state index contributed by atoms with van der Waals surface area (Å²) in [6, 6.07) is 0.114. The Labute approximate surface area is 95.1 Å². The van der Waals surface area contributed by atoms with Crippen LogP contribution in [0.4, 0.5) is 10.7 Å². The lowest BCUT2D eigenvalue weighted by Crippen LogP contribution is -2.09. The Morgan fingerprint density at radius 2 is 1.87 bits per heavy atom. The van der Waals surface area contributed by atoms with Crippen molar-refractivity contribution in [1.29, 1.82) is 0 Å². The summed E-state index contributed by atoms with van der Waals surface area (Å²) in [6.45, 7) is 0. The van der Waals surface area contributed by atoms with Crippen molar-refractivity contribution in [2.24, 2.45) is 4.36 Å². The van der Waals surface area contributed by atoms with E-state index in [4.69, 9.17) is 23.2 Å². The van der Waals surface area contributed by atoms with Gasteiger partial charge in [0.05, 0.1) is 0 Å². The van der Waals surface area contributed by atoms with Gasteiger partial charge in [-0.2, -0.15) is 8.42 Å². The zero-order valence-corrected chi connectivity index (χ0v) is 9.14. The number of anilines is 1. The number of rotatable bonds is 1. The molecule has 1 heterocycles. The molecule has 0 atom stereocenters. The molecule has 1 aromatic rings. The van der Waals surface area contributed by atoms with E-state index >= 15 is 0 Å². The van der Waals surface area contributed by atoms with Gasteiger partial charge in [-0.1, -0.05) is 27.6 Å². The van der Waals surface area contributed by atoms with Gasteiger partial charge in [0.25, 0.3) is 0 Å². The van der Waals surface area contributed by atoms with Crippen LogP contribution >= 0.6 is 23.2 Å². The monoisotopic (exact) mass is 268 g/mol. The van der Waals surface area contributed by atoms with E-state index < -0.39 is 16.5 Å². The Morgan fingerprint density at radius 1 is 1.33 bits per heavy atom. The van der Waals surface area contributed by atoms with E-state index in [2.05, 4.69) is 14.3 Å². The number of hydrogen-bond donors (Lipinski definition) is 1. The van der Waals surface area contributed by atoms with E-state index in [1.54, 1.807) is 0 Å². The first-order chi connectivity index (χ1) is 6.97. The Morgan fingerprint density at radius 3 is 2.33 bits per heavy atom. The molecule has 0 radical (unpaired) electrons.